The van der Waals surface area contributed by atoms with E-state index in [1.54, 1.807) is 10.9 Å². The van der Waals surface area contributed by atoms with Crippen molar-refractivity contribution < 1.29 is 14.0 Å². The van der Waals surface area contributed by atoms with Gasteiger partial charge in [0.2, 0.25) is 5.91 Å². The number of anilines is 2. The van der Waals surface area contributed by atoms with E-state index in [1.807, 2.05) is 0 Å². The first-order valence-electron chi connectivity index (χ1n) is 10.2. The first-order valence-corrected chi connectivity index (χ1v) is 10.2. The second-order valence-corrected chi connectivity index (χ2v) is 7.95. The number of benzene rings is 1. The van der Waals surface area contributed by atoms with Crippen LogP contribution in [0.3, 0.4) is 0 Å². The molecule has 1 aromatic heterocycles. The van der Waals surface area contributed by atoms with Gasteiger partial charge in [-0.25, -0.2) is 4.39 Å². The van der Waals surface area contributed by atoms with Crippen LogP contribution in [0.5, 0.6) is 0 Å². The summed E-state index contributed by atoms with van der Waals surface area (Å²) in [6, 6.07) is 4.93. The number of likely N-dealkylation sites (tertiary alicyclic amines) is 1. The Labute approximate surface area is 169 Å². The van der Waals surface area contributed by atoms with E-state index < -0.39 is 11.7 Å². The Morgan fingerprint density at radius 2 is 2.03 bits per heavy atom. The molecule has 7 nitrogen and oxygen atoms in total. The minimum absolute atomic E-state index is 0.0262. The Bertz CT molecular complexity index is 908. The summed E-state index contributed by atoms with van der Waals surface area (Å²) in [6.07, 6.45) is 8.68. The zero-order valence-corrected chi connectivity index (χ0v) is 16.5. The number of amides is 2. The summed E-state index contributed by atoms with van der Waals surface area (Å²) in [5.41, 5.74) is 0.855. The van der Waals surface area contributed by atoms with Crippen molar-refractivity contribution in [3.05, 3.63) is 42.0 Å². The van der Waals surface area contributed by atoms with Crippen molar-refractivity contribution in [1.29, 1.82) is 0 Å². The molecule has 0 radical (unpaired) electrons. The summed E-state index contributed by atoms with van der Waals surface area (Å²) in [7, 11) is 0. The normalized spacial score (nSPS) is 19.7. The van der Waals surface area contributed by atoms with E-state index in [2.05, 4.69) is 27.6 Å². The van der Waals surface area contributed by atoms with Gasteiger partial charge in [-0.3, -0.25) is 19.2 Å². The molecule has 2 aromatic rings. The number of carbonyl (C=O) groups is 2. The molecular formula is C21H26FN5O2. The highest BCUT2D eigenvalue weighted by atomic mass is 19.1. The average molecular weight is 399 g/mol. The molecule has 1 unspecified atom stereocenters. The number of nitrogens with zero attached hydrogens (tertiary/aromatic N) is 3. The minimum Gasteiger partial charge on any atom is -0.325 e. The summed E-state index contributed by atoms with van der Waals surface area (Å²) < 4.78 is 16.0. The van der Waals surface area contributed by atoms with Crippen LogP contribution < -0.4 is 10.6 Å². The fourth-order valence-electron chi connectivity index (χ4n) is 3.66. The maximum absolute atomic E-state index is 14.2. The number of carbonyl (C=O) groups excluding carboxylic acids is 2. The lowest BCUT2D eigenvalue weighted by Crippen LogP contribution is -2.42. The van der Waals surface area contributed by atoms with Gasteiger partial charge in [-0.15, -0.1) is 0 Å². The lowest BCUT2D eigenvalue weighted by Gasteiger charge is -2.32. The molecule has 1 atom stereocenters. The third-order valence-electron chi connectivity index (χ3n) is 5.57. The number of halogens is 1. The van der Waals surface area contributed by atoms with Crippen LogP contribution in [0.25, 0.3) is 0 Å². The zero-order valence-electron chi connectivity index (χ0n) is 16.5. The fourth-order valence-corrected chi connectivity index (χ4v) is 3.66. The summed E-state index contributed by atoms with van der Waals surface area (Å²) in [5.74, 6) is -1.13. The number of hydrogen-bond donors (Lipinski definition) is 2. The van der Waals surface area contributed by atoms with Crippen LogP contribution in [0.1, 0.15) is 55.4 Å². The van der Waals surface area contributed by atoms with E-state index >= 15 is 0 Å². The molecule has 4 rings (SSSR count). The predicted molar refractivity (Wildman–Crippen MR) is 108 cm³/mol. The highest BCUT2D eigenvalue weighted by Gasteiger charge is 2.25. The molecule has 2 fully saturated rings. The molecule has 2 N–H and O–H groups in total. The minimum atomic E-state index is -0.560. The molecule has 2 aliphatic rings. The van der Waals surface area contributed by atoms with E-state index in [9.17, 15) is 14.0 Å². The molecule has 154 valence electrons. The lowest BCUT2D eigenvalue weighted by molar-refractivity contribution is -0.118. The lowest BCUT2D eigenvalue weighted by atomic mass is 10.0. The number of nitrogens with one attached hydrogen (secondary N) is 2. The number of rotatable bonds is 6. The third-order valence-corrected chi connectivity index (χ3v) is 5.57. The second-order valence-electron chi connectivity index (χ2n) is 7.95. The SMILES string of the molecule is CC1CCCCN1CC(=O)Nc1ccc(F)c(NC(=O)c2cnn(C3CC3)c2)c1. The van der Waals surface area contributed by atoms with Crippen molar-refractivity contribution in [1.82, 2.24) is 14.7 Å². The highest BCUT2D eigenvalue weighted by Crippen LogP contribution is 2.34. The topological polar surface area (TPSA) is 79.3 Å². The van der Waals surface area contributed by atoms with E-state index in [-0.39, 0.29) is 11.6 Å². The van der Waals surface area contributed by atoms with Gasteiger partial charge in [-0.2, -0.15) is 5.10 Å². The fraction of sp³-hybridized carbons (Fsp3) is 0.476. The Balaban J connectivity index is 1.38. The van der Waals surface area contributed by atoms with Crippen LogP contribution in [0.4, 0.5) is 15.8 Å². The first kappa shape index (κ1) is 19.6. The largest absolute Gasteiger partial charge is 0.325 e. The monoisotopic (exact) mass is 399 g/mol. The van der Waals surface area contributed by atoms with Gasteiger partial charge in [0.15, 0.2) is 0 Å². The van der Waals surface area contributed by atoms with Crippen LogP contribution in [0.2, 0.25) is 0 Å². The van der Waals surface area contributed by atoms with Gasteiger partial charge in [0.1, 0.15) is 5.82 Å². The Morgan fingerprint density at radius 3 is 2.79 bits per heavy atom. The van der Waals surface area contributed by atoms with Crippen molar-refractivity contribution >= 4 is 23.2 Å². The van der Waals surface area contributed by atoms with Gasteiger partial charge < -0.3 is 10.6 Å². The van der Waals surface area contributed by atoms with Crippen LogP contribution in [0, 0.1) is 5.82 Å². The highest BCUT2D eigenvalue weighted by molar-refractivity contribution is 6.04. The molecule has 1 aliphatic heterocycles. The molecule has 1 aromatic carbocycles. The van der Waals surface area contributed by atoms with E-state index in [0.29, 0.717) is 29.9 Å². The second kappa shape index (κ2) is 8.32. The number of piperidine rings is 1. The van der Waals surface area contributed by atoms with Crippen molar-refractivity contribution in [3.8, 4) is 0 Å². The summed E-state index contributed by atoms with van der Waals surface area (Å²) in [4.78, 5) is 27.0. The van der Waals surface area contributed by atoms with Crippen LogP contribution in [0.15, 0.2) is 30.6 Å². The van der Waals surface area contributed by atoms with Gasteiger partial charge in [-0.05, 0) is 57.4 Å². The van der Waals surface area contributed by atoms with Crippen molar-refractivity contribution in [2.45, 2.75) is 51.1 Å². The molecule has 29 heavy (non-hydrogen) atoms. The molecule has 8 heteroatoms. The van der Waals surface area contributed by atoms with Gasteiger partial charge >= 0.3 is 0 Å². The van der Waals surface area contributed by atoms with Crippen LogP contribution in [-0.2, 0) is 4.79 Å². The molecular weight excluding hydrogens is 373 g/mol. The van der Waals surface area contributed by atoms with Gasteiger partial charge in [0.05, 0.1) is 30.0 Å². The van der Waals surface area contributed by atoms with Crippen molar-refractivity contribution in [2.75, 3.05) is 23.7 Å². The summed E-state index contributed by atoms with van der Waals surface area (Å²) in [5, 5.41) is 9.56. The predicted octanol–water partition coefficient (Wildman–Crippen LogP) is 3.42. The molecule has 1 saturated heterocycles. The number of aromatic nitrogens is 2. The Hall–Kier alpha value is -2.74. The standard InChI is InChI=1S/C21H26FN5O2/c1-14-4-2-3-9-26(14)13-20(28)24-16-5-8-18(22)19(10-16)25-21(29)15-11-23-27(12-15)17-6-7-17/h5,8,10-12,14,17H,2-4,6-7,9,13H2,1H3,(H,24,28)(H,25,29). The molecule has 1 saturated carbocycles. The smallest absolute Gasteiger partial charge is 0.258 e. The number of hydrogen-bond acceptors (Lipinski definition) is 4. The van der Waals surface area contributed by atoms with E-state index in [4.69, 9.17) is 0 Å². The van der Waals surface area contributed by atoms with Crippen LogP contribution in [-0.4, -0.2) is 45.6 Å². The van der Waals surface area contributed by atoms with Crippen LogP contribution >= 0.6 is 0 Å². The van der Waals surface area contributed by atoms with Gasteiger partial charge in [0.25, 0.3) is 5.91 Å². The Morgan fingerprint density at radius 1 is 1.21 bits per heavy atom. The molecule has 2 amide bonds. The quantitative estimate of drug-likeness (QED) is 0.780. The first-order chi connectivity index (χ1) is 14.0. The maximum Gasteiger partial charge on any atom is 0.258 e. The molecule has 1 aliphatic carbocycles. The van der Waals surface area contributed by atoms with Crippen molar-refractivity contribution in [2.24, 2.45) is 0 Å². The summed E-state index contributed by atoms with van der Waals surface area (Å²) >= 11 is 0. The molecule has 0 bridgehead atoms. The van der Waals surface area contributed by atoms with Gasteiger partial charge in [0, 0.05) is 17.9 Å². The maximum atomic E-state index is 14.2. The van der Waals surface area contributed by atoms with E-state index in [1.165, 1.54) is 30.8 Å². The van der Waals surface area contributed by atoms with Crippen molar-refractivity contribution in [3.63, 3.8) is 0 Å². The van der Waals surface area contributed by atoms with Gasteiger partial charge in [-0.1, -0.05) is 6.42 Å². The van der Waals surface area contributed by atoms with E-state index in [0.717, 1.165) is 32.2 Å². The summed E-state index contributed by atoms with van der Waals surface area (Å²) in [6.45, 7) is 3.35. The average Bonchev–Trinajstić information content (AvgIpc) is 3.43. The molecule has 2 heterocycles. The Kier molecular flexibility index (Phi) is 5.62. The zero-order chi connectivity index (χ0) is 20.4. The molecule has 0 spiro atoms. The third kappa shape index (κ3) is 4.82.